The molecule has 3 saturated heterocycles. The lowest BCUT2D eigenvalue weighted by Crippen LogP contribution is -2.60. The molecular formula is C19H22NO4S2+. The summed E-state index contributed by atoms with van der Waals surface area (Å²) in [5, 5.41) is 3.16. The third kappa shape index (κ3) is 2.28. The van der Waals surface area contributed by atoms with Gasteiger partial charge in [0.25, 0.3) is 0 Å². The molecule has 138 valence electrons. The van der Waals surface area contributed by atoms with E-state index < -0.39 is 118 Å². The molecule has 0 radical (unpaired) electrons. The molecule has 5 nitrogen and oxygen atoms in total. The van der Waals surface area contributed by atoms with E-state index in [2.05, 4.69) is 5.11 Å². The first-order chi connectivity index (χ1) is 21.3. The van der Waals surface area contributed by atoms with Crippen LogP contribution >= 0.6 is 22.7 Å². The van der Waals surface area contributed by atoms with Crippen molar-refractivity contribution in [1.29, 1.82) is 1.43 Å². The number of rotatable bonds is 5. The summed E-state index contributed by atoms with van der Waals surface area (Å²) in [5.74, 6) is -2.33. The molecule has 3 fully saturated rings. The summed E-state index contributed by atoms with van der Waals surface area (Å²) in [4.78, 5) is 12.5. The van der Waals surface area contributed by atoms with Gasteiger partial charge in [0.15, 0.2) is 0 Å². The SMILES string of the molecule is [2H]OC(C(=O)OC1([2H])C([2H])([2H])C2([2H])C3([2H])OC3([2H])C([2H])(C1([2H])[2H])[N+]2(C([2H])([2H])[2H])C([2H])([2H])[2H])(c1sc([2H])c([2H])c1[2H])c1sc([2H])c([2H])c1[2H]. The number of carbonyl (C=O) groups excluding carboxylic acids is 1. The predicted octanol–water partition coefficient (Wildman–Crippen LogP) is 2.35. The molecule has 0 aromatic carbocycles. The number of hydrogen-bond acceptors (Lipinski definition) is 6. The average Bonchev–Trinajstić information content (AvgIpc) is 3.28. The van der Waals surface area contributed by atoms with Gasteiger partial charge in [-0.15, -0.1) is 22.7 Å². The Morgan fingerprint density at radius 3 is 2.46 bits per heavy atom. The number of aliphatic hydroxyl groups is 1. The highest BCUT2D eigenvalue weighted by molar-refractivity contribution is 7.12. The minimum absolute atomic E-state index is 0.0969. The second-order valence-corrected chi connectivity index (χ2v) is 6.98. The first kappa shape index (κ1) is 5.42. The van der Waals surface area contributed by atoms with Crippen LogP contribution in [0.15, 0.2) is 34.9 Å². The zero-order chi connectivity index (χ0) is 37.2. The molecule has 0 spiro atoms. The number of hydrogen-bond donors (Lipinski definition) is 1. The van der Waals surface area contributed by atoms with E-state index in [1.165, 1.54) is 0 Å². The van der Waals surface area contributed by atoms with Crippen molar-refractivity contribution in [2.45, 2.75) is 48.6 Å². The standard InChI is InChI=1S/C19H22NO4S2/c1-20(2)12-9-11(10-13(20)17-16(12)24-17)23-18(21)19(22,14-5-3-7-25-14)15-6-4-8-26-15/h3-8,11-13,16-17,22H,9-10H2,1-2H3/q+1/i1D3,2D3,3D,4D,5D,6D,7D,8D,9D2,10D2,11D,12D,13D,16D,17D,22D. The van der Waals surface area contributed by atoms with Gasteiger partial charge in [-0.2, -0.15) is 0 Å². The highest BCUT2D eigenvalue weighted by Gasteiger charge is 2.71. The monoisotopic (exact) mass is 414 g/mol. The number of thiophene rings is 2. The molecular weight excluding hydrogens is 370 g/mol. The molecule has 0 amide bonds. The summed E-state index contributed by atoms with van der Waals surface area (Å²) in [7, 11) is 0. The van der Waals surface area contributed by atoms with Gasteiger partial charge in [0, 0.05) is 18.2 Å². The number of piperidine rings is 1. The van der Waals surface area contributed by atoms with Crippen molar-refractivity contribution in [3.63, 3.8) is 0 Å². The molecule has 2 bridgehead atoms. The molecule has 1 N–H and O–H groups in total. The Morgan fingerprint density at radius 1 is 1.38 bits per heavy atom. The third-order valence-corrected chi connectivity index (χ3v) is 5.41. The summed E-state index contributed by atoms with van der Waals surface area (Å²) in [6.45, 7) is -8.65. The smallest absolute Gasteiger partial charge is 0.349 e. The van der Waals surface area contributed by atoms with Crippen molar-refractivity contribution in [2.75, 3.05) is 14.0 Å². The van der Waals surface area contributed by atoms with E-state index in [1.54, 1.807) is 0 Å². The molecule has 5 rings (SSSR count). The average molecular weight is 415 g/mol. The third-order valence-electron chi connectivity index (χ3n) is 3.82. The van der Waals surface area contributed by atoms with Gasteiger partial charge in [0.05, 0.1) is 47.0 Å². The van der Waals surface area contributed by atoms with Gasteiger partial charge in [-0.25, -0.2) is 4.79 Å². The zero-order valence-corrected chi connectivity index (χ0v) is 14.0. The quantitative estimate of drug-likeness (QED) is 0.463. The number of quaternary nitrogens is 1. The van der Waals surface area contributed by atoms with Crippen LogP contribution in [0.2, 0.25) is 0 Å². The molecule has 3 aliphatic heterocycles. The van der Waals surface area contributed by atoms with Gasteiger partial charge in [-0.1, -0.05) is 12.1 Å². The lowest BCUT2D eigenvalue weighted by Gasteiger charge is -2.45. The van der Waals surface area contributed by atoms with E-state index in [1.807, 2.05) is 0 Å². The summed E-state index contributed by atoms with van der Waals surface area (Å²) in [6.07, 6.45) is -21.1. The molecule has 5 heterocycles. The topological polar surface area (TPSA) is 59.1 Å². The molecule has 4 atom stereocenters. The molecule has 2 aromatic rings. The lowest BCUT2D eigenvalue weighted by atomic mass is 9.95. The van der Waals surface area contributed by atoms with E-state index in [-0.39, 0.29) is 22.7 Å². The molecule has 7 heteroatoms. The van der Waals surface area contributed by atoms with Crippen LogP contribution in [0.5, 0.6) is 0 Å². The van der Waals surface area contributed by atoms with Crippen molar-refractivity contribution >= 4 is 28.6 Å². The summed E-state index contributed by atoms with van der Waals surface area (Å²) >= 11 is 0.194. The van der Waals surface area contributed by atoms with Crippen molar-refractivity contribution in [3.8, 4) is 0 Å². The number of ether oxygens (including phenoxy) is 2. The Bertz CT molecular complexity index is 1640. The summed E-state index contributed by atoms with van der Waals surface area (Å²) in [6, 6.07) is -12.6. The number of carbonyl (C=O) groups is 1. The fourth-order valence-electron chi connectivity index (χ4n) is 2.52. The Labute approximate surface area is 191 Å². The van der Waals surface area contributed by atoms with Crippen LogP contribution in [0.25, 0.3) is 0 Å². The van der Waals surface area contributed by atoms with Crippen molar-refractivity contribution in [1.82, 2.24) is 0 Å². The van der Waals surface area contributed by atoms with Gasteiger partial charge in [-0.3, -0.25) is 0 Å². The summed E-state index contributed by atoms with van der Waals surface area (Å²) in [5.41, 5.74) is -3.48. The Kier molecular flexibility index (Phi) is 1.17. The van der Waals surface area contributed by atoms with Gasteiger partial charge < -0.3 is 19.1 Å². The number of epoxide rings is 1. The second kappa shape index (κ2) is 5.62. The molecule has 3 aliphatic rings. The maximum Gasteiger partial charge on any atom is 0.349 e. The highest BCUT2D eigenvalue weighted by atomic mass is 32.1. The van der Waals surface area contributed by atoms with Crippen LogP contribution in [0.1, 0.15) is 51.3 Å². The van der Waals surface area contributed by atoms with Gasteiger partial charge >= 0.3 is 5.97 Å². The van der Waals surface area contributed by atoms with Gasteiger partial charge in [0.1, 0.15) is 30.3 Å². The number of esters is 1. The van der Waals surface area contributed by atoms with E-state index in [0.29, 0.717) is 0 Å². The lowest BCUT2D eigenvalue weighted by molar-refractivity contribution is -0.938. The molecule has 26 heavy (non-hydrogen) atoms. The highest BCUT2D eigenvalue weighted by Crippen LogP contribution is 2.52. The molecule has 4 unspecified atom stereocenters. The van der Waals surface area contributed by atoms with E-state index in [9.17, 15) is 7.54 Å². The molecule has 0 aliphatic carbocycles. The minimum atomic E-state index is -4.57. The second-order valence-electron chi connectivity index (χ2n) is 5.34. The van der Waals surface area contributed by atoms with Gasteiger partial charge in [0.2, 0.25) is 7.03 Å². The van der Waals surface area contributed by atoms with E-state index >= 15 is 0 Å². The first-order valence-electron chi connectivity index (χ1n) is 17.8. The van der Waals surface area contributed by atoms with Crippen LogP contribution in [-0.4, -0.2) is 61.2 Å². The van der Waals surface area contributed by atoms with Gasteiger partial charge in [-0.05, 0) is 22.8 Å². The largest absolute Gasteiger partial charge is 0.459 e. The maximum atomic E-state index is 14.3. The predicted molar refractivity (Wildman–Crippen MR) is 99.1 cm³/mol. The zero-order valence-electron chi connectivity index (χ0n) is 34.4. The Morgan fingerprint density at radius 2 is 2.00 bits per heavy atom. The van der Waals surface area contributed by atoms with Crippen LogP contribution < -0.4 is 0 Å². The van der Waals surface area contributed by atoms with Crippen LogP contribution in [0.4, 0.5) is 0 Å². The van der Waals surface area contributed by atoms with E-state index in [4.69, 9.17) is 36.9 Å². The number of likely N-dealkylation sites (N-methyl/N-ethyl adjacent to an activating group) is 1. The molecule has 0 saturated carbocycles. The maximum absolute atomic E-state index is 14.3. The molecule has 2 aromatic heterocycles. The van der Waals surface area contributed by atoms with Crippen LogP contribution in [0.3, 0.4) is 0 Å². The summed E-state index contributed by atoms with van der Waals surface area (Å²) < 4.78 is 193. The van der Waals surface area contributed by atoms with Crippen molar-refractivity contribution in [3.05, 3.63) is 44.6 Å². The van der Waals surface area contributed by atoms with Crippen molar-refractivity contribution in [2.24, 2.45) is 0 Å². The van der Waals surface area contributed by atoms with Crippen LogP contribution in [-0.2, 0) is 19.9 Å². The van der Waals surface area contributed by atoms with Crippen LogP contribution in [0, 0.1) is 0 Å². The normalized spacial score (nSPS) is 65.5. The fraction of sp³-hybridized carbons (Fsp3) is 0.526. The minimum Gasteiger partial charge on any atom is -0.459 e. The number of morpholine rings is 1. The Balaban J connectivity index is 1.87. The number of nitrogens with zero attached hydrogens (tertiary/aromatic N) is 1. The number of fused-ring (bicyclic) bond motifs is 5. The van der Waals surface area contributed by atoms with Crippen molar-refractivity contribution < 1.29 is 52.6 Å². The fourth-order valence-corrected chi connectivity index (χ4v) is 3.86. The first-order valence-corrected chi connectivity index (χ1v) is 8.57. The Hall–Kier alpha value is -1.25. The van der Waals surface area contributed by atoms with E-state index in [0.717, 1.165) is 0 Å².